The van der Waals surface area contributed by atoms with E-state index in [4.69, 9.17) is 4.74 Å². The van der Waals surface area contributed by atoms with Gasteiger partial charge in [0.05, 0.1) is 6.42 Å². The molecule has 1 heterocycles. The number of nitrogens with one attached hydrogen (secondary N) is 2. The lowest BCUT2D eigenvalue weighted by atomic mass is 10.1. The maximum absolute atomic E-state index is 11.7. The molecule has 0 bridgehead atoms. The fourth-order valence-electron chi connectivity index (χ4n) is 1.49. The summed E-state index contributed by atoms with van der Waals surface area (Å²) in [4.78, 5) is 23.8. The normalized spacial score (nSPS) is 10.9. The number of ether oxygens (including phenoxy) is 1. The molecule has 0 aliphatic heterocycles. The van der Waals surface area contributed by atoms with Gasteiger partial charge in [-0.15, -0.1) is 11.3 Å². The van der Waals surface area contributed by atoms with Gasteiger partial charge in [0, 0.05) is 24.9 Å². The summed E-state index contributed by atoms with van der Waals surface area (Å²) < 4.78 is 5.18. The molecule has 0 spiro atoms. The van der Waals surface area contributed by atoms with Crippen molar-refractivity contribution in [2.24, 2.45) is 0 Å². The van der Waals surface area contributed by atoms with Crippen LogP contribution in [0.3, 0.4) is 0 Å². The van der Waals surface area contributed by atoms with Gasteiger partial charge in [0.25, 0.3) is 0 Å². The number of thiophene rings is 1. The third kappa shape index (κ3) is 6.24. The summed E-state index contributed by atoms with van der Waals surface area (Å²) in [5, 5.41) is 7.17. The van der Waals surface area contributed by atoms with Gasteiger partial charge in [-0.25, -0.2) is 4.79 Å². The smallest absolute Gasteiger partial charge is 0.407 e. The monoisotopic (exact) mass is 284 g/mol. The molecular weight excluding hydrogens is 264 g/mol. The molecule has 2 amide bonds. The summed E-state index contributed by atoms with van der Waals surface area (Å²) in [7, 11) is 1.52. The molecular formula is C13H20N2O3S. The van der Waals surface area contributed by atoms with E-state index in [0.29, 0.717) is 19.4 Å². The van der Waals surface area contributed by atoms with Crippen LogP contribution in [-0.4, -0.2) is 31.2 Å². The minimum atomic E-state index is -0.601. The molecule has 1 rings (SSSR count). The number of hydrogen-bond acceptors (Lipinski definition) is 4. The zero-order valence-electron chi connectivity index (χ0n) is 11.5. The Morgan fingerprint density at radius 2 is 2.16 bits per heavy atom. The summed E-state index contributed by atoms with van der Waals surface area (Å²) in [5.74, 6) is -0.0156. The first-order valence-corrected chi connectivity index (χ1v) is 7.01. The molecule has 0 atom stereocenters. The molecule has 6 heteroatoms. The van der Waals surface area contributed by atoms with Gasteiger partial charge in [-0.3, -0.25) is 4.79 Å². The molecule has 1 aromatic rings. The highest BCUT2D eigenvalue weighted by atomic mass is 32.1. The van der Waals surface area contributed by atoms with E-state index < -0.39 is 11.7 Å². The van der Waals surface area contributed by atoms with Crippen LogP contribution in [0.2, 0.25) is 0 Å². The van der Waals surface area contributed by atoms with E-state index in [0.717, 1.165) is 4.88 Å². The van der Waals surface area contributed by atoms with Gasteiger partial charge in [0.1, 0.15) is 5.60 Å². The molecule has 0 aliphatic rings. The molecule has 0 aliphatic carbocycles. The Labute approximate surface area is 117 Å². The highest BCUT2D eigenvalue weighted by molar-refractivity contribution is 7.10. The second kappa shape index (κ2) is 7.13. The molecule has 1 aromatic heterocycles. The van der Waals surface area contributed by atoms with Crippen molar-refractivity contribution in [2.45, 2.75) is 32.3 Å². The van der Waals surface area contributed by atoms with Crippen LogP contribution < -0.4 is 10.6 Å². The predicted octanol–water partition coefficient (Wildman–Crippen LogP) is 1.93. The molecule has 2 N–H and O–H groups in total. The van der Waals surface area contributed by atoms with Gasteiger partial charge in [0.2, 0.25) is 5.91 Å². The SMILES string of the molecule is CNC(=O)OC(C)(C)CCNC(=O)Cc1cccs1. The number of carbonyl (C=O) groups excluding carboxylic acids is 2. The van der Waals surface area contributed by atoms with Crippen LogP contribution >= 0.6 is 11.3 Å². The Hall–Kier alpha value is -1.56. The van der Waals surface area contributed by atoms with Crippen LogP contribution in [-0.2, 0) is 16.0 Å². The standard InChI is InChI=1S/C13H20N2O3S/c1-13(2,18-12(17)14-3)6-7-15-11(16)9-10-5-4-8-19-10/h4-5,8H,6-7,9H2,1-3H3,(H,14,17)(H,15,16). The molecule has 5 nitrogen and oxygen atoms in total. The van der Waals surface area contributed by atoms with Crippen molar-refractivity contribution in [3.05, 3.63) is 22.4 Å². The van der Waals surface area contributed by atoms with Crippen LogP contribution in [0.15, 0.2) is 17.5 Å². The number of amides is 2. The summed E-state index contributed by atoms with van der Waals surface area (Å²) in [6, 6.07) is 3.86. The van der Waals surface area contributed by atoms with Gasteiger partial charge in [-0.2, -0.15) is 0 Å². The molecule has 106 valence electrons. The first-order chi connectivity index (χ1) is 8.93. The first-order valence-electron chi connectivity index (χ1n) is 6.13. The van der Waals surface area contributed by atoms with Crippen LogP contribution in [0.1, 0.15) is 25.1 Å². The summed E-state index contributed by atoms with van der Waals surface area (Å²) in [6.07, 6.45) is 0.500. The lowest BCUT2D eigenvalue weighted by molar-refractivity contribution is -0.120. The zero-order chi connectivity index (χ0) is 14.3. The molecule has 0 saturated heterocycles. The van der Waals surface area contributed by atoms with Crippen LogP contribution in [0, 0.1) is 0 Å². The Kier molecular flexibility index (Phi) is 5.82. The van der Waals surface area contributed by atoms with Gasteiger partial charge < -0.3 is 15.4 Å². The Morgan fingerprint density at radius 1 is 1.42 bits per heavy atom. The minimum Gasteiger partial charge on any atom is -0.443 e. The third-order valence-corrected chi connectivity index (χ3v) is 3.41. The Bertz CT molecular complexity index is 416. The van der Waals surface area contributed by atoms with E-state index >= 15 is 0 Å². The van der Waals surface area contributed by atoms with Crippen molar-refractivity contribution in [1.29, 1.82) is 0 Å². The van der Waals surface area contributed by atoms with Gasteiger partial charge in [0.15, 0.2) is 0 Å². The van der Waals surface area contributed by atoms with Crippen molar-refractivity contribution >= 4 is 23.3 Å². The van der Waals surface area contributed by atoms with Gasteiger partial charge >= 0.3 is 6.09 Å². The number of rotatable bonds is 6. The second-order valence-corrected chi connectivity index (χ2v) is 5.79. The predicted molar refractivity (Wildman–Crippen MR) is 75.3 cm³/mol. The molecule has 0 saturated carbocycles. The van der Waals surface area contributed by atoms with E-state index in [1.807, 2.05) is 31.4 Å². The van der Waals surface area contributed by atoms with Crippen molar-refractivity contribution < 1.29 is 14.3 Å². The lowest BCUT2D eigenvalue weighted by Gasteiger charge is -2.24. The second-order valence-electron chi connectivity index (χ2n) is 4.76. The average Bonchev–Trinajstić information content (AvgIpc) is 2.80. The summed E-state index contributed by atoms with van der Waals surface area (Å²) in [5.41, 5.74) is -0.601. The van der Waals surface area contributed by atoms with E-state index in [9.17, 15) is 9.59 Å². The molecule has 19 heavy (non-hydrogen) atoms. The summed E-state index contributed by atoms with van der Waals surface area (Å²) in [6.45, 7) is 4.11. The fourth-order valence-corrected chi connectivity index (χ4v) is 2.19. The average molecular weight is 284 g/mol. The Morgan fingerprint density at radius 3 is 2.74 bits per heavy atom. The van der Waals surface area contributed by atoms with E-state index in [1.54, 1.807) is 11.3 Å². The van der Waals surface area contributed by atoms with Crippen molar-refractivity contribution in [3.8, 4) is 0 Å². The highest BCUT2D eigenvalue weighted by Gasteiger charge is 2.22. The van der Waals surface area contributed by atoms with Crippen molar-refractivity contribution in [2.75, 3.05) is 13.6 Å². The quantitative estimate of drug-likeness (QED) is 0.839. The van der Waals surface area contributed by atoms with Crippen LogP contribution in [0.5, 0.6) is 0 Å². The molecule has 0 fully saturated rings. The molecule has 0 radical (unpaired) electrons. The third-order valence-electron chi connectivity index (χ3n) is 2.54. The maximum atomic E-state index is 11.7. The number of carbonyl (C=O) groups is 2. The lowest BCUT2D eigenvalue weighted by Crippen LogP contribution is -2.37. The molecule has 0 unspecified atom stereocenters. The number of hydrogen-bond donors (Lipinski definition) is 2. The maximum Gasteiger partial charge on any atom is 0.407 e. The van der Waals surface area contributed by atoms with E-state index in [2.05, 4.69) is 10.6 Å². The fraction of sp³-hybridized carbons (Fsp3) is 0.538. The zero-order valence-corrected chi connectivity index (χ0v) is 12.3. The largest absolute Gasteiger partial charge is 0.443 e. The van der Waals surface area contributed by atoms with Crippen LogP contribution in [0.25, 0.3) is 0 Å². The molecule has 0 aromatic carbocycles. The number of alkyl carbamates (subject to hydrolysis) is 1. The van der Waals surface area contributed by atoms with E-state index in [-0.39, 0.29) is 5.91 Å². The van der Waals surface area contributed by atoms with E-state index in [1.165, 1.54) is 7.05 Å². The minimum absolute atomic E-state index is 0.0156. The van der Waals surface area contributed by atoms with Crippen molar-refractivity contribution in [3.63, 3.8) is 0 Å². The van der Waals surface area contributed by atoms with Crippen molar-refractivity contribution in [1.82, 2.24) is 10.6 Å². The first kappa shape index (κ1) is 15.5. The summed E-state index contributed by atoms with van der Waals surface area (Å²) >= 11 is 1.56. The Balaban J connectivity index is 2.25. The van der Waals surface area contributed by atoms with Crippen LogP contribution in [0.4, 0.5) is 4.79 Å². The topological polar surface area (TPSA) is 67.4 Å². The van der Waals surface area contributed by atoms with Gasteiger partial charge in [-0.1, -0.05) is 6.07 Å². The highest BCUT2D eigenvalue weighted by Crippen LogP contribution is 2.14. The van der Waals surface area contributed by atoms with Gasteiger partial charge in [-0.05, 0) is 25.3 Å².